The summed E-state index contributed by atoms with van der Waals surface area (Å²) in [5.41, 5.74) is 0.160. The SMILES string of the molecule is CCCC(OCC)c1noc(-c2ccc(O)cc2F)n1. The molecule has 1 unspecified atom stereocenters. The molecule has 0 aliphatic heterocycles. The Balaban J connectivity index is 2.27. The third-order valence-electron chi connectivity index (χ3n) is 2.83. The monoisotopic (exact) mass is 280 g/mol. The number of phenols is 1. The van der Waals surface area contributed by atoms with Crippen LogP contribution in [0.15, 0.2) is 22.7 Å². The Bertz CT molecular complexity index is 565. The molecule has 0 amide bonds. The number of aromatic hydroxyl groups is 1. The molecule has 1 aromatic carbocycles. The highest BCUT2D eigenvalue weighted by atomic mass is 19.1. The molecule has 0 bridgehead atoms. The Morgan fingerprint density at radius 3 is 2.85 bits per heavy atom. The number of phenolic OH excluding ortho intramolecular Hbond substituents is 1. The maximum Gasteiger partial charge on any atom is 0.260 e. The van der Waals surface area contributed by atoms with E-state index in [4.69, 9.17) is 9.26 Å². The summed E-state index contributed by atoms with van der Waals surface area (Å²) in [5.74, 6) is -0.262. The fourth-order valence-corrected chi connectivity index (χ4v) is 1.90. The van der Waals surface area contributed by atoms with Crippen molar-refractivity contribution in [1.82, 2.24) is 10.1 Å². The molecule has 20 heavy (non-hydrogen) atoms. The number of ether oxygens (including phenoxy) is 1. The first-order valence-corrected chi connectivity index (χ1v) is 6.59. The van der Waals surface area contributed by atoms with Crippen molar-refractivity contribution in [2.24, 2.45) is 0 Å². The molecule has 6 heteroatoms. The minimum absolute atomic E-state index is 0.0818. The fraction of sp³-hybridized carbons (Fsp3) is 0.429. The van der Waals surface area contributed by atoms with Crippen molar-refractivity contribution in [2.45, 2.75) is 32.8 Å². The van der Waals surface area contributed by atoms with E-state index >= 15 is 0 Å². The van der Waals surface area contributed by atoms with Crippen LogP contribution in [-0.2, 0) is 4.74 Å². The summed E-state index contributed by atoms with van der Waals surface area (Å²) in [4.78, 5) is 4.18. The molecule has 0 radical (unpaired) electrons. The van der Waals surface area contributed by atoms with E-state index in [1.807, 2.05) is 13.8 Å². The van der Waals surface area contributed by atoms with E-state index < -0.39 is 5.82 Å². The number of aromatic nitrogens is 2. The first-order valence-electron chi connectivity index (χ1n) is 6.59. The molecule has 1 aromatic heterocycles. The van der Waals surface area contributed by atoms with Gasteiger partial charge in [-0.3, -0.25) is 0 Å². The van der Waals surface area contributed by atoms with Gasteiger partial charge in [-0.25, -0.2) is 4.39 Å². The van der Waals surface area contributed by atoms with Gasteiger partial charge in [0.25, 0.3) is 5.89 Å². The van der Waals surface area contributed by atoms with E-state index in [2.05, 4.69) is 10.1 Å². The zero-order valence-electron chi connectivity index (χ0n) is 11.5. The summed E-state index contributed by atoms with van der Waals surface area (Å²) < 4.78 is 24.4. The summed E-state index contributed by atoms with van der Waals surface area (Å²) in [6.07, 6.45) is 1.44. The minimum atomic E-state index is -0.608. The topological polar surface area (TPSA) is 68.4 Å². The van der Waals surface area contributed by atoms with Crippen LogP contribution in [0.2, 0.25) is 0 Å². The zero-order chi connectivity index (χ0) is 14.5. The maximum atomic E-state index is 13.7. The maximum absolute atomic E-state index is 13.7. The lowest BCUT2D eigenvalue weighted by molar-refractivity contribution is 0.0478. The lowest BCUT2D eigenvalue weighted by Gasteiger charge is -2.11. The minimum Gasteiger partial charge on any atom is -0.508 e. The molecule has 0 aliphatic rings. The average Bonchev–Trinajstić information content (AvgIpc) is 2.88. The molecule has 1 N–H and O–H groups in total. The summed E-state index contributed by atoms with van der Waals surface area (Å²) in [6.45, 7) is 4.47. The van der Waals surface area contributed by atoms with Gasteiger partial charge in [-0.1, -0.05) is 18.5 Å². The van der Waals surface area contributed by atoms with Gasteiger partial charge in [0.1, 0.15) is 17.7 Å². The van der Waals surface area contributed by atoms with Gasteiger partial charge < -0.3 is 14.4 Å². The van der Waals surface area contributed by atoms with E-state index in [0.717, 1.165) is 18.9 Å². The molecular weight excluding hydrogens is 263 g/mol. The number of nitrogens with zero attached hydrogens (tertiary/aromatic N) is 2. The Labute approximate surface area is 116 Å². The van der Waals surface area contributed by atoms with Gasteiger partial charge in [0.15, 0.2) is 0 Å². The van der Waals surface area contributed by atoms with Crippen molar-refractivity contribution in [2.75, 3.05) is 6.61 Å². The largest absolute Gasteiger partial charge is 0.508 e. The third kappa shape index (κ3) is 3.14. The Morgan fingerprint density at radius 1 is 1.40 bits per heavy atom. The van der Waals surface area contributed by atoms with Crippen LogP contribution < -0.4 is 0 Å². The third-order valence-corrected chi connectivity index (χ3v) is 2.83. The van der Waals surface area contributed by atoms with Crippen molar-refractivity contribution in [3.8, 4) is 17.2 Å². The molecule has 108 valence electrons. The second kappa shape index (κ2) is 6.47. The van der Waals surface area contributed by atoms with Gasteiger partial charge in [-0.15, -0.1) is 0 Å². The van der Waals surface area contributed by atoms with Gasteiger partial charge in [0.05, 0.1) is 5.56 Å². The number of benzene rings is 1. The van der Waals surface area contributed by atoms with Crippen LogP contribution in [0.3, 0.4) is 0 Å². The summed E-state index contributed by atoms with van der Waals surface area (Å²) >= 11 is 0. The Kier molecular flexibility index (Phi) is 4.68. The second-order valence-electron chi connectivity index (χ2n) is 4.35. The van der Waals surface area contributed by atoms with E-state index in [-0.39, 0.29) is 23.3 Å². The lowest BCUT2D eigenvalue weighted by Crippen LogP contribution is -2.06. The quantitative estimate of drug-likeness (QED) is 0.877. The van der Waals surface area contributed by atoms with Crippen molar-refractivity contribution >= 4 is 0 Å². The van der Waals surface area contributed by atoms with Crippen molar-refractivity contribution in [3.05, 3.63) is 29.8 Å². The van der Waals surface area contributed by atoms with Crippen molar-refractivity contribution in [1.29, 1.82) is 0 Å². The molecule has 0 aliphatic carbocycles. The van der Waals surface area contributed by atoms with Crippen LogP contribution in [0.5, 0.6) is 5.75 Å². The van der Waals surface area contributed by atoms with Gasteiger partial charge in [-0.2, -0.15) is 4.98 Å². The van der Waals surface area contributed by atoms with Gasteiger partial charge in [-0.05, 0) is 25.5 Å². The number of hydrogen-bond donors (Lipinski definition) is 1. The molecule has 1 heterocycles. The van der Waals surface area contributed by atoms with E-state index in [1.165, 1.54) is 12.1 Å². The summed E-state index contributed by atoms with van der Waals surface area (Å²) in [6, 6.07) is 3.77. The van der Waals surface area contributed by atoms with Crippen molar-refractivity contribution in [3.63, 3.8) is 0 Å². The molecule has 2 aromatic rings. The zero-order valence-corrected chi connectivity index (χ0v) is 11.5. The van der Waals surface area contributed by atoms with Gasteiger partial charge >= 0.3 is 0 Å². The van der Waals surface area contributed by atoms with E-state index in [0.29, 0.717) is 12.4 Å². The molecular formula is C14H17FN2O3. The highest BCUT2D eigenvalue weighted by Gasteiger charge is 2.20. The highest BCUT2D eigenvalue weighted by Crippen LogP contribution is 2.27. The van der Waals surface area contributed by atoms with E-state index in [1.54, 1.807) is 0 Å². The van der Waals surface area contributed by atoms with Gasteiger partial charge in [0.2, 0.25) is 5.82 Å². The first-order chi connectivity index (χ1) is 9.65. The molecule has 2 rings (SSSR count). The van der Waals surface area contributed by atoms with Crippen LogP contribution in [0.1, 0.15) is 38.6 Å². The smallest absolute Gasteiger partial charge is 0.260 e. The second-order valence-corrected chi connectivity index (χ2v) is 4.35. The molecule has 0 saturated heterocycles. The van der Waals surface area contributed by atoms with Crippen LogP contribution in [-0.4, -0.2) is 21.9 Å². The first kappa shape index (κ1) is 14.5. The molecule has 0 spiro atoms. The van der Waals surface area contributed by atoms with Crippen molar-refractivity contribution < 1.29 is 18.8 Å². The predicted octanol–water partition coefficient (Wildman–Crippen LogP) is 3.46. The average molecular weight is 280 g/mol. The lowest BCUT2D eigenvalue weighted by atomic mass is 10.2. The molecule has 1 atom stereocenters. The highest BCUT2D eigenvalue weighted by molar-refractivity contribution is 5.55. The van der Waals surface area contributed by atoms with Crippen LogP contribution in [0.25, 0.3) is 11.5 Å². The Morgan fingerprint density at radius 2 is 2.20 bits per heavy atom. The Hall–Kier alpha value is -1.95. The molecule has 0 saturated carbocycles. The standard InChI is InChI=1S/C14H17FN2O3/c1-3-5-12(19-4-2)13-16-14(20-17-13)10-7-6-9(18)8-11(10)15/h6-8,12,18H,3-5H2,1-2H3. The van der Waals surface area contributed by atoms with Crippen LogP contribution in [0.4, 0.5) is 4.39 Å². The molecule has 0 fully saturated rings. The number of halogens is 1. The normalized spacial score (nSPS) is 12.6. The van der Waals surface area contributed by atoms with Gasteiger partial charge in [0, 0.05) is 12.7 Å². The predicted molar refractivity (Wildman–Crippen MR) is 70.6 cm³/mol. The molecule has 5 nitrogen and oxygen atoms in total. The number of hydrogen-bond acceptors (Lipinski definition) is 5. The number of rotatable bonds is 6. The van der Waals surface area contributed by atoms with Crippen LogP contribution in [0, 0.1) is 5.82 Å². The fourth-order valence-electron chi connectivity index (χ4n) is 1.90. The van der Waals surface area contributed by atoms with Crippen LogP contribution >= 0.6 is 0 Å². The van der Waals surface area contributed by atoms with E-state index in [9.17, 15) is 9.50 Å². The summed E-state index contributed by atoms with van der Waals surface area (Å²) in [5, 5.41) is 13.0. The summed E-state index contributed by atoms with van der Waals surface area (Å²) in [7, 11) is 0.